The van der Waals surface area contributed by atoms with E-state index in [1.807, 2.05) is 32.2 Å². The van der Waals surface area contributed by atoms with E-state index in [-0.39, 0.29) is 5.56 Å². The number of aryl methyl sites for hydroxylation is 2. The Morgan fingerprint density at radius 3 is 2.68 bits per heavy atom. The van der Waals surface area contributed by atoms with Gasteiger partial charge in [0.25, 0.3) is 5.56 Å². The molecule has 2 aromatic heterocycles. The van der Waals surface area contributed by atoms with Crippen molar-refractivity contribution in [3.05, 3.63) is 68.8 Å². The first-order valence-electron chi connectivity index (χ1n) is 7.21. The third-order valence-electron chi connectivity index (χ3n) is 3.88. The third-order valence-corrected chi connectivity index (χ3v) is 3.88. The zero-order chi connectivity index (χ0) is 15.7. The highest BCUT2D eigenvalue weighted by Crippen LogP contribution is 2.13. The minimum absolute atomic E-state index is 0.0634. The average molecular weight is 292 g/mol. The van der Waals surface area contributed by atoms with Crippen LogP contribution in [0.3, 0.4) is 0 Å². The van der Waals surface area contributed by atoms with Crippen LogP contribution in [0.5, 0.6) is 0 Å². The topological polar surface area (TPSA) is 73.9 Å². The quantitative estimate of drug-likeness (QED) is 0.805. The number of H-pyrrole nitrogens is 1. The predicted octanol–water partition coefficient (Wildman–Crippen LogP) is 2.36. The number of nitrogens with zero attached hydrogens (tertiary/aromatic N) is 3. The molecular formula is C17H16N4O. The van der Waals surface area contributed by atoms with E-state index in [0.717, 1.165) is 23.2 Å². The van der Waals surface area contributed by atoms with E-state index in [1.165, 1.54) is 4.52 Å². The molecule has 3 aromatic rings. The van der Waals surface area contributed by atoms with Crippen LogP contribution in [0, 0.1) is 18.3 Å². The molecule has 0 aliphatic heterocycles. The standard InChI is InChI=1S/C17H16N4O/c1-3-14-10-19-21-16(14)20-11(2)15(17(21)22)8-12-4-6-13(9-18)7-5-12/h4-7,10,19H,3,8H2,1-2H3. The molecule has 0 fully saturated rings. The molecule has 3 rings (SSSR count). The number of aromatic nitrogens is 3. The van der Waals surface area contributed by atoms with E-state index in [0.29, 0.717) is 23.2 Å². The van der Waals surface area contributed by atoms with Crippen molar-refractivity contribution in [1.82, 2.24) is 14.6 Å². The SMILES string of the molecule is CCc1c[nH]n2c(=O)c(Cc3ccc(C#N)cc3)c(C)nc12. The average Bonchev–Trinajstić information content (AvgIpc) is 2.95. The molecule has 5 heteroatoms. The maximum atomic E-state index is 12.6. The molecule has 0 atom stereocenters. The summed E-state index contributed by atoms with van der Waals surface area (Å²) in [5.41, 5.74) is 4.70. The van der Waals surface area contributed by atoms with Gasteiger partial charge in [-0.15, -0.1) is 0 Å². The Hall–Kier alpha value is -2.87. The van der Waals surface area contributed by atoms with Gasteiger partial charge in [0.1, 0.15) is 0 Å². The maximum Gasteiger partial charge on any atom is 0.276 e. The van der Waals surface area contributed by atoms with Crippen molar-refractivity contribution in [2.45, 2.75) is 26.7 Å². The predicted molar refractivity (Wildman–Crippen MR) is 83.9 cm³/mol. The normalized spacial score (nSPS) is 10.8. The summed E-state index contributed by atoms with van der Waals surface area (Å²) in [5, 5.41) is 11.8. The minimum Gasteiger partial charge on any atom is -0.297 e. The number of hydrogen-bond acceptors (Lipinski definition) is 3. The Morgan fingerprint density at radius 1 is 1.32 bits per heavy atom. The van der Waals surface area contributed by atoms with Crippen LogP contribution in [0.2, 0.25) is 0 Å². The van der Waals surface area contributed by atoms with Crippen LogP contribution in [-0.4, -0.2) is 14.6 Å². The zero-order valence-corrected chi connectivity index (χ0v) is 12.6. The van der Waals surface area contributed by atoms with Crippen LogP contribution in [0.15, 0.2) is 35.3 Å². The van der Waals surface area contributed by atoms with Gasteiger partial charge in [0.2, 0.25) is 0 Å². The van der Waals surface area contributed by atoms with E-state index in [2.05, 4.69) is 16.2 Å². The van der Waals surface area contributed by atoms with Crippen LogP contribution in [-0.2, 0) is 12.8 Å². The summed E-state index contributed by atoms with van der Waals surface area (Å²) in [6, 6.07) is 9.36. The second-order valence-corrected chi connectivity index (χ2v) is 5.28. The summed E-state index contributed by atoms with van der Waals surface area (Å²) < 4.78 is 1.50. The number of rotatable bonds is 3. The van der Waals surface area contributed by atoms with Crippen molar-refractivity contribution in [1.29, 1.82) is 5.26 Å². The number of fused-ring (bicyclic) bond motifs is 1. The molecule has 2 heterocycles. The molecule has 0 saturated carbocycles. The van der Waals surface area contributed by atoms with Crippen molar-refractivity contribution in [2.75, 3.05) is 0 Å². The monoisotopic (exact) mass is 292 g/mol. The highest BCUT2D eigenvalue weighted by Gasteiger charge is 2.13. The first-order valence-corrected chi connectivity index (χ1v) is 7.21. The highest BCUT2D eigenvalue weighted by atomic mass is 16.1. The molecule has 0 radical (unpaired) electrons. The number of nitrogens with one attached hydrogen (secondary N) is 1. The molecule has 110 valence electrons. The van der Waals surface area contributed by atoms with Gasteiger partial charge in [-0.2, -0.15) is 5.26 Å². The second-order valence-electron chi connectivity index (χ2n) is 5.28. The van der Waals surface area contributed by atoms with Crippen molar-refractivity contribution in [3.8, 4) is 6.07 Å². The zero-order valence-electron chi connectivity index (χ0n) is 12.6. The van der Waals surface area contributed by atoms with Crippen LogP contribution in [0.25, 0.3) is 5.65 Å². The summed E-state index contributed by atoms with van der Waals surface area (Å²) in [4.78, 5) is 17.2. The van der Waals surface area contributed by atoms with Gasteiger partial charge in [-0.25, -0.2) is 9.50 Å². The van der Waals surface area contributed by atoms with Crippen LogP contribution < -0.4 is 5.56 Å². The Bertz CT molecular complexity index is 926. The molecule has 0 amide bonds. The Labute approximate surface area is 127 Å². The Morgan fingerprint density at radius 2 is 2.05 bits per heavy atom. The fraction of sp³-hybridized carbons (Fsp3) is 0.235. The van der Waals surface area contributed by atoms with E-state index in [1.54, 1.807) is 12.1 Å². The molecule has 22 heavy (non-hydrogen) atoms. The number of nitriles is 1. The van der Waals surface area contributed by atoms with Crippen molar-refractivity contribution >= 4 is 5.65 Å². The van der Waals surface area contributed by atoms with Gasteiger partial charge < -0.3 is 0 Å². The Kier molecular flexibility index (Phi) is 3.51. The highest BCUT2D eigenvalue weighted by molar-refractivity contribution is 5.48. The lowest BCUT2D eigenvalue weighted by Crippen LogP contribution is -2.22. The van der Waals surface area contributed by atoms with E-state index < -0.39 is 0 Å². The lowest BCUT2D eigenvalue weighted by molar-refractivity contribution is 0.859. The molecule has 0 saturated heterocycles. The summed E-state index contributed by atoms with van der Waals surface area (Å²) in [5.74, 6) is 0. The van der Waals surface area contributed by atoms with E-state index in [4.69, 9.17) is 5.26 Å². The molecule has 0 unspecified atom stereocenters. The van der Waals surface area contributed by atoms with Crippen molar-refractivity contribution < 1.29 is 0 Å². The largest absolute Gasteiger partial charge is 0.297 e. The van der Waals surface area contributed by atoms with Gasteiger partial charge in [0, 0.05) is 29.4 Å². The molecule has 0 bridgehead atoms. The first-order chi connectivity index (χ1) is 10.6. The number of aromatic amines is 1. The molecule has 0 spiro atoms. The van der Waals surface area contributed by atoms with Crippen LogP contribution >= 0.6 is 0 Å². The van der Waals surface area contributed by atoms with Crippen molar-refractivity contribution in [3.63, 3.8) is 0 Å². The van der Waals surface area contributed by atoms with E-state index in [9.17, 15) is 4.79 Å². The van der Waals surface area contributed by atoms with Gasteiger partial charge >= 0.3 is 0 Å². The fourth-order valence-corrected chi connectivity index (χ4v) is 2.57. The molecule has 1 N–H and O–H groups in total. The lowest BCUT2D eigenvalue weighted by Gasteiger charge is -2.06. The number of benzene rings is 1. The second kappa shape index (κ2) is 5.49. The third kappa shape index (κ3) is 2.29. The van der Waals surface area contributed by atoms with Gasteiger partial charge in [0.15, 0.2) is 5.65 Å². The first kappa shape index (κ1) is 14.1. The summed E-state index contributed by atoms with van der Waals surface area (Å²) >= 11 is 0. The molecular weight excluding hydrogens is 276 g/mol. The molecule has 0 aliphatic carbocycles. The Balaban J connectivity index is 2.07. The molecule has 1 aromatic carbocycles. The lowest BCUT2D eigenvalue weighted by atomic mass is 10.0. The van der Waals surface area contributed by atoms with Gasteiger partial charge in [-0.3, -0.25) is 9.89 Å². The maximum absolute atomic E-state index is 12.6. The molecule has 0 aliphatic rings. The van der Waals surface area contributed by atoms with Gasteiger partial charge in [-0.1, -0.05) is 19.1 Å². The molecule has 5 nitrogen and oxygen atoms in total. The van der Waals surface area contributed by atoms with Crippen LogP contribution in [0.1, 0.15) is 34.9 Å². The van der Waals surface area contributed by atoms with Gasteiger partial charge in [0.05, 0.1) is 11.6 Å². The smallest absolute Gasteiger partial charge is 0.276 e. The summed E-state index contributed by atoms with van der Waals surface area (Å²) in [6.45, 7) is 3.90. The van der Waals surface area contributed by atoms with Gasteiger partial charge in [-0.05, 0) is 31.0 Å². The fourth-order valence-electron chi connectivity index (χ4n) is 2.57. The van der Waals surface area contributed by atoms with Crippen LogP contribution in [0.4, 0.5) is 0 Å². The number of hydrogen-bond donors (Lipinski definition) is 1. The van der Waals surface area contributed by atoms with Crippen molar-refractivity contribution in [2.24, 2.45) is 0 Å². The summed E-state index contributed by atoms with van der Waals surface area (Å²) in [6.07, 6.45) is 3.16. The summed E-state index contributed by atoms with van der Waals surface area (Å²) in [7, 11) is 0. The minimum atomic E-state index is -0.0634. The van der Waals surface area contributed by atoms with E-state index >= 15 is 0 Å².